The molecule has 0 fully saturated rings. The van der Waals surface area contributed by atoms with Crippen molar-refractivity contribution in [2.75, 3.05) is 0 Å². The predicted molar refractivity (Wildman–Crippen MR) is 131 cm³/mol. The molecular formula is C27H32ClNO3. The zero-order chi connectivity index (χ0) is 23.8. The van der Waals surface area contributed by atoms with Gasteiger partial charge in [-0.05, 0) is 61.6 Å². The number of ketones is 1. The lowest BCUT2D eigenvalue weighted by Crippen LogP contribution is -2.28. The Balaban J connectivity index is 2.35. The lowest BCUT2D eigenvalue weighted by atomic mass is 9.85. The van der Waals surface area contributed by atoms with Crippen molar-refractivity contribution in [3.05, 3.63) is 69.9 Å². The Labute approximate surface area is 195 Å². The van der Waals surface area contributed by atoms with Crippen molar-refractivity contribution < 1.29 is 14.7 Å². The Hall–Kier alpha value is -2.59. The average molecular weight is 454 g/mol. The Bertz CT molecular complexity index is 1150. The minimum absolute atomic E-state index is 0.109. The van der Waals surface area contributed by atoms with Crippen LogP contribution in [0.15, 0.2) is 42.5 Å². The number of nitrogens with zero attached hydrogens (tertiary/aromatic N) is 1. The van der Waals surface area contributed by atoms with Crippen molar-refractivity contribution in [1.82, 2.24) is 4.57 Å². The quantitative estimate of drug-likeness (QED) is 0.375. The van der Waals surface area contributed by atoms with Gasteiger partial charge in [0.15, 0.2) is 5.78 Å². The maximum Gasteiger partial charge on any atom is 0.309 e. The molecule has 3 aromatic rings. The van der Waals surface area contributed by atoms with Crippen molar-refractivity contribution in [1.29, 1.82) is 0 Å². The van der Waals surface area contributed by atoms with Crippen LogP contribution in [0.4, 0.5) is 0 Å². The van der Waals surface area contributed by atoms with Crippen LogP contribution in [-0.2, 0) is 17.8 Å². The summed E-state index contributed by atoms with van der Waals surface area (Å²) in [6, 6.07) is 13.1. The Morgan fingerprint density at radius 1 is 1.03 bits per heavy atom. The molecule has 2 aromatic carbocycles. The van der Waals surface area contributed by atoms with E-state index in [0.29, 0.717) is 34.5 Å². The molecule has 0 saturated carbocycles. The predicted octanol–water partition coefficient (Wildman–Crippen LogP) is 6.96. The molecule has 0 radical (unpaired) electrons. The van der Waals surface area contributed by atoms with E-state index in [-0.39, 0.29) is 12.2 Å². The molecule has 0 saturated heterocycles. The topological polar surface area (TPSA) is 59.3 Å². The number of benzene rings is 2. The third-order valence-corrected chi connectivity index (χ3v) is 6.18. The number of carbonyl (C=O) groups is 2. The van der Waals surface area contributed by atoms with Crippen LogP contribution in [0, 0.1) is 11.3 Å². The Kier molecular flexibility index (Phi) is 6.85. The van der Waals surface area contributed by atoms with Gasteiger partial charge in [-0.1, -0.05) is 51.4 Å². The van der Waals surface area contributed by atoms with Gasteiger partial charge in [0.2, 0.25) is 0 Å². The summed E-state index contributed by atoms with van der Waals surface area (Å²) >= 11 is 6.04. The zero-order valence-corrected chi connectivity index (χ0v) is 20.5. The van der Waals surface area contributed by atoms with Crippen LogP contribution in [0.25, 0.3) is 10.9 Å². The highest BCUT2D eigenvalue weighted by Crippen LogP contribution is 2.35. The highest BCUT2D eigenvalue weighted by molar-refractivity contribution is 6.30. The molecule has 0 aliphatic heterocycles. The molecule has 0 unspecified atom stereocenters. The smallest absolute Gasteiger partial charge is 0.309 e. The zero-order valence-electron chi connectivity index (χ0n) is 19.7. The van der Waals surface area contributed by atoms with Crippen molar-refractivity contribution in [3.63, 3.8) is 0 Å². The molecule has 0 amide bonds. The van der Waals surface area contributed by atoms with Gasteiger partial charge < -0.3 is 9.67 Å². The van der Waals surface area contributed by atoms with E-state index in [4.69, 9.17) is 11.6 Å². The summed E-state index contributed by atoms with van der Waals surface area (Å²) in [5.41, 5.74) is 3.07. The summed E-state index contributed by atoms with van der Waals surface area (Å²) < 4.78 is 2.17. The second kappa shape index (κ2) is 9.11. The number of hydrogen-bond donors (Lipinski definition) is 1. The summed E-state index contributed by atoms with van der Waals surface area (Å²) in [5, 5.41) is 11.3. The number of aliphatic carboxylic acids is 1. The average Bonchev–Trinajstić information content (AvgIpc) is 2.99. The third kappa shape index (κ3) is 4.75. The van der Waals surface area contributed by atoms with Gasteiger partial charge in [-0.3, -0.25) is 9.59 Å². The van der Waals surface area contributed by atoms with Crippen LogP contribution in [0.5, 0.6) is 0 Å². The lowest BCUT2D eigenvalue weighted by Gasteiger charge is -2.22. The largest absolute Gasteiger partial charge is 0.481 e. The van der Waals surface area contributed by atoms with Gasteiger partial charge in [-0.25, -0.2) is 0 Å². The van der Waals surface area contributed by atoms with Crippen LogP contribution in [-0.4, -0.2) is 21.4 Å². The number of rotatable bonds is 8. The number of hydrogen-bond acceptors (Lipinski definition) is 2. The van der Waals surface area contributed by atoms with E-state index in [1.54, 1.807) is 38.1 Å². The van der Waals surface area contributed by atoms with Crippen LogP contribution in [0.2, 0.25) is 5.02 Å². The molecule has 3 rings (SSSR count). The maximum absolute atomic E-state index is 13.8. The van der Waals surface area contributed by atoms with Gasteiger partial charge in [0.1, 0.15) is 0 Å². The van der Waals surface area contributed by atoms with Gasteiger partial charge in [0.05, 0.1) is 11.0 Å². The molecule has 0 spiro atoms. The molecule has 1 aromatic heterocycles. The van der Waals surface area contributed by atoms with E-state index in [9.17, 15) is 14.7 Å². The van der Waals surface area contributed by atoms with Gasteiger partial charge in [-0.2, -0.15) is 0 Å². The van der Waals surface area contributed by atoms with Crippen LogP contribution in [0.3, 0.4) is 0 Å². The number of carboxylic acids is 1. The number of halogens is 1. The molecule has 1 N–H and O–H groups in total. The number of carbonyl (C=O) groups excluding carboxylic acids is 1. The third-order valence-electron chi connectivity index (χ3n) is 5.93. The monoisotopic (exact) mass is 453 g/mol. The highest BCUT2D eigenvalue weighted by atomic mass is 35.5. The van der Waals surface area contributed by atoms with E-state index in [1.807, 2.05) is 6.07 Å². The number of fused-ring (bicyclic) bond motifs is 1. The fraction of sp³-hybridized carbons (Fsp3) is 0.407. The van der Waals surface area contributed by atoms with E-state index < -0.39 is 11.4 Å². The van der Waals surface area contributed by atoms with E-state index in [0.717, 1.165) is 16.6 Å². The van der Waals surface area contributed by atoms with E-state index in [1.165, 1.54) is 5.56 Å². The lowest BCUT2D eigenvalue weighted by molar-refractivity contribution is -0.146. The summed E-state index contributed by atoms with van der Waals surface area (Å²) in [4.78, 5) is 25.8. The van der Waals surface area contributed by atoms with Crippen LogP contribution >= 0.6 is 11.6 Å². The summed E-state index contributed by atoms with van der Waals surface area (Å²) in [7, 11) is 0. The molecule has 0 bridgehead atoms. The van der Waals surface area contributed by atoms with Gasteiger partial charge in [0.25, 0.3) is 0 Å². The van der Waals surface area contributed by atoms with Gasteiger partial charge >= 0.3 is 5.97 Å². The SMILES string of the molecule is CC(C)Cn1c(CC(C)(C)C(=O)O)c(C(=O)c2ccc(Cl)cc2)c2ccc(C(C)C)cc21. The molecule has 0 aliphatic carbocycles. The van der Waals surface area contributed by atoms with E-state index in [2.05, 4.69) is 44.4 Å². The molecule has 170 valence electrons. The minimum Gasteiger partial charge on any atom is -0.481 e. The fourth-order valence-electron chi connectivity index (χ4n) is 4.03. The van der Waals surface area contributed by atoms with Crippen molar-refractivity contribution in [3.8, 4) is 0 Å². The first-order valence-electron chi connectivity index (χ1n) is 11.1. The van der Waals surface area contributed by atoms with Crippen molar-refractivity contribution in [2.24, 2.45) is 11.3 Å². The standard InChI is InChI=1S/C27H32ClNO3/c1-16(2)15-29-22-13-19(17(3)4)9-12-21(22)24(23(29)14-27(5,6)26(31)32)25(30)18-7-10-20(28)11-8-18/h7-13,16-17H,14-15H2,1-6H3,(H,31,32). The van der Waals surface area contributed by atoms with Crippen molar-refractivity contribution >= 4 is 34.3 Å². The van der Waals surface area contributed by atoms with Gasteiger partial charge in [-0.15, -0.1) is 0 Å². The molecule has 5 heteroatoms. The Morgan fingerprint density at radius 3 is 2.19 bits per heavy atom. The Morgan fingerprint density at radius 2 is 1.66 bits per heavy atom. The minimum atomic E-state index is -1.01. The van der Waals surface area contributed by atoms with E-state index >= 15 is 0 Å². The second-order valence-corrected chi connectivity index (χ2v) is 10.4. The van der Waals surface area contributed by atoms with Crippen molar-refractivity contribution in [2.45, 2.75) is 60.4 Å². The number of carboxylic acid groups (broad SMARTS) is 1. The normalized spacial score (nSPS) is 12.2. The molecular weight excluding hydrogens is 422 g/mol. The first-order chi connectivity index (χ1) is 14.9. The second-order valence-electron chi connectivity index (χ2n) is 9.96. The molecule has 0 atom stereocenters. The first kappa shape index (κ1) is 24.1. The molecule has 4 nitrogen and oxygen atoms in total. The first-order valence-corrected chi connectivity index (χ1v) is 11.5. The molecule has 32 heavy (non-hydrogen) atoms. The van der Waals surface area contributed by atoms with Gasteiger partial charge in [0, 0.05) is 40.1 Å². The maximum atomic E-state index is 13.8. The summed E-state index contributed by atoms with van der Waals surface area (Å²) in [6.45, 7) is 12.7. The number of aromatic nitrogens is 1. The van der Waals surface area contributed by atoms with Crippen LogP contribution < -0.4 is 0 Å². The molecule has 1 heterocycles. The fourth-order valence-corrected chi connectivity index (χ4v) is 4.16. The highest BCUT2D eigenvalue weighted by Gasteiger charge is 2.33. The summed E-state index contributed by atoms with van der Waals surface area (Å²) in [5.74, 6) is -0.316. The summed E-state index contributed by atoms with van der Waals surface area (Å²) in [6.07, 6.45) is 0.259. The van der Waals surface area contributed by atoms with Crippen LogP contribution in [0.1, 0.15) is 74.6 Å². The molecule has 0 aliphatic rings.